The molecule has 30 heavy (non-hydrogen) atoms. The van der Waals surface area contributed by atoms with E-state index in [4.69, 9.17) is 9.47 Å². The quantitative estimate of drug-likeness (QED) is 0.772. The van der Waals surface area contributed by atoms with E-state index in [-0.39, 0.29) is 24.3 Å². The smallest absolute Gasteiger partial charge is 0.270 e. The van der Waals surface area contributed by atoms with Crippen LogP contribution in [0.15, 0.2) is 36.5 Å². The Kier molecular flexibility index (Phi) is 6.61. The predicted molar refractivity (Wildman–Crippen MR) is 111 cm³/mol. The van der Waals surface area contributed by atoms with E-state index >= 15 is 0 Å². The summed E-state index contributed by atoms with van der Waals surface area (Å²) in [5, 5.41) is 2.81. The van der Waals surface area contributed by atoms with Gasteiger partial charge in [-0.1, -0.05) is 0 Å². The zero-order chi connectivity index (χ0) is 21.7. The van der Waals surface area contributed by atoms with Gasteiger partial charge in [0.25, 0.3) is 5.91 Å². The van der Waals surface area contributed by atoms with Crippen LogP contribution in [0.4, 0.5) is 5.69 Å². The van der Waals surface area contributed by atoms with Crippen LogP contribution in [0.25, 0.3) is 0 Å². The zero-order valence-corrected chi connectivity index (χ0v) is 17.4. The molecule has 3 amide bonds. The summed E-state index contributed by atoms with van der Waals surface area (Å²) < 4.78 is 12.1. The zero-order valence-electron chi connectivity index (χ0n) is 17.4. The van der Waals surface area contributed by atoms with E-state index in [2.05, 4.69) is 5.32 Å². The molecule has 0 bridgehead atoms. The third-order valence-electron chi connectivity index (χ3n) is 5.04. The summed E-state index contributed by atoms with van der Waals surface area (Å²) in [5.74, 6) is 0.670. The molecule has 160 valence electrons. The summed E-state index contributed by atoms with van der Waals surface area (Å²) in [6, 6.07) is 8.54. The highest BCUT2D eigenvalue weighted by Gasteiger charge is 2.25. The number of benzene rings is 1. The van der Waals surface area contributed by atoms with Crippen molar-refractivity contribution in [2.45, 2.75) is 13.5 Å². The average molecular weight is 414 g/mol. The molecule has 2 aromatic rings. The third-order valence-corrected chi connectivity index (χ3v) is 5.04. The van der Waals surface area contributed by atoms with Gasteiger partial charge in [0.15, 0.2) is 11.5 Å². The summed E-state index contributed by atoms with van der Waals surface area (Å²) in [6.45, 7) is 3.50. The second-order valence-corrected chi connectivity index (χ2v) is 6.94. The normalized spacial score (nSPS) is 13.7. The fourth-order valence-corrected chi connectivity index (χ4v) is 3.40. The number of carbonyl (C=O) groups excluding carboxylic acids is 3. The van der Waals surface area contributed by atoms with Crippen molar-refractivity contribution in [3.8, 4) is 11.5 Å². The number of nitrogens with one attached hydrogen (secondary N) is 1. The highest BCUT2D eigenvalue weighted by atomic mass is 16.5. The molecule has 9 nitrogen and oxygen atoms in total. The molecule has 1 fully saturated rings. The van der Waals surface area contributed by atoms with Gasteiger partial charge in [-0.25, -0.2) is 0 Å². The molecule has 1 saturated heterocycles. The lowest BCUT2D eigenvalue weighted by Gasteiger charge is -2.34. The minimum atomic E-state index is -0.270. The number of piperazine rings is 1. The van der Waals surface area contributed by atoms with Gasteiger partial charge in [-0.2, -0.15) is 0 Å². The summed E-state index contributed by atoms with van der Waals surface area (Å²) in [6.07, 6.45) is 1.70. The SMILES string of the molecule is COc1ccc(NC(=O)Cn2cccc2C(=O)N2CCN(C(C)=O)CC2)cc1OC. The number of hydrogen-bond donors (Lipinski definition) is 1. The number of aromatic nitrogens is 1. The van der Waals surface area contributed by atoms with Crippen molar-refractivity contribution in [3.05, 3.63) is 42.2 Å². The van der Waals surface area contributed by atoms with Gasteiger partial charge in [0.2, 0.25) is 11.8 Å². The molecular weight excluding hydrogens is 388 g/mol. The van der Waals surface area contributed by atoms with Crippen LogP contribution in [0.5, 0.6) is 11.5 Å². The number of ether oxygens (including phenoxy) is 2. The van der Waals surface area contributed by atoms with Crippen LogP contribution in [0.1, 0.15) is 17.4 Å². The predicted octanol–water partition coefficient (Wildman–Crippen LogP) is 1.45. The Bertz CT molecular complexity index is 931. The number of nitrogens with zero attached hydrogens (tertiary/aromatic N) is 3. The van der Waals surface area contributed by atoms with Crippen molar-refractivity contribution in [1.82, 2.24) is 14.4 Å². The number of hydrogen-bond acceptors (Lipinski definition) is 5. The van der Waals surface area contributed by atoms with Crippen LogP contribution < -0.4 is 14.8 Å². The monoisotopic (exact) mass is 414 g/mol. The summed E-state index contributed by atoms with van der Waals surface area (Å²) in [4.78, 5) is 40.3. The Labute approximate surface area is 175 Å². The topological polar surface area (TPSA) is 93.1 Å². The Morgan fingerprint density at radius 1 is 0.967 bits per heavy atom. The number of methoxy groups -OCH3 is 2. The van der Waals surface area contributed by atoms with Gasteiger partial charge in [0.1, 0.15) is 12.2 Å². The van der Waals surface area contributed by atoms with Gasteiger partial charge in [0, 0.05) is 51.1 Å². The van der Waals surface area contributed by atoms with Crippen LogP contribution in [-0.2, 0) is 16.1 Å². The fourth-order valence-electron chi connectivity index (χ4n) is 3.40. The van der Waals surface area contributed by atoms with E-state index < -0.39 is 0 Å². The van der Waals surface area contributed by atoms with E-state index in [0.29, 0.717) is 49.1 Å². The first-order chi connectivity index (χ1) is 14.4. The first-order valence-electron chi connectivity index (χ1n) is 9.64. The van der Waals surface area contributed by atoms with Gasteiger partial charge < -0.3 is 29.2 Å². The highest BCUT2D eigenvalue weighted by molar-refractivity contribution is 5.95. The molecule has 0 radical (unpaired) electrons. The standard InChI is InChI=1S/C21H26N4O5/c1-15(26)23-9-11-24(12-10-23)21(28)17-5-4-8-25(17)14-20(27)22-16-6-7-18(29-2)19(13-16)30-3/h4-8,13H,9-12,14H2,1-3H3,(H,22,27). The van der Waals surface area contributed by atoms with Crippen molar-refractivity contribution in [3.63, 3.8) is 0 Å². The summed E-state index contributed by atoms with van der Waals surface area (Å²) in [5.41, 5.74) is 1.01. The Hall–Kier alpha value is -3.49. The second kappa shape index (κ2) is 9.34. The number of anilines is 1. The number of carbonyl (C=O) groups is 3. The third kappa shape index (κ3) is 4.73. The van der Waals surface area contributed by atoms with Gasteiger partial charge >= 0.3 is 0 Å². The van der Waals surface area contributed by atoms with Crippen molar-refractivity contribution >= 4 is 23.4 Å². The maximum Gasteiger partial charge on any atom is 0.270 e. The molecule has 1 aliphatic rings. The summed E-state index contributed by atoms with van der Waals surface area (Å²) in [7, 11) is 3.07. The largest absolute Gasteiger partial charge is 0.493 e. The molecule has 2 heterocycles. The summed E-state index contributed by atoms with van der Waals surface area (Å²) >= 11 is 0. The average Bonchev–Trinajstić information content (AvgIpc) is 3.20. The van der Waals surface area contributed by atoms with Crippen LogP contribution in [-0.4, -0.2) is 72.5 Å². The molecule has 1 aliphatic heterocycles. The Balaban J connectivity index is 1.63. The molecule has 0 atom stereocenters. The lowest BCUT2D eigenvalue weighted by atomic mass is 10.2. The van der Waals surface area contributed by atoms with Gasteiger partial charge in [0.05, 0.1) is 14.2 Å². The number of amides is 3. The minimum Gasteiger partial charge on any atom is -0.493 e. The molecule has 1 aromatic carbocycles. The van der Waals surface area contributed by atoms with Gasteiger partial charge in [-0.3, -0.25) is 14.4 Å². The van der Waals surface area contributed by atoms with E-state index in [1.807, 2.05) is 0 Å². The first-order valence-corrected chi connectivity index (χ1v) is 9.64. The van der Waals surface area contributed by atoms with Gasteiger partial charge in [-0.05, 0) is 24.3 Å². The maximum atomic E-state index is 12.9. The van der Waals surface area contributed by atoms with E-state index in [0.717, 1.165) is 0 Å². The first kappa shape index (κ1) is 21.2. The fraction of sp³-hybridized carbons (Fsp3) is 0.381. The van der Waals surface area contributed by atoms with Crippen molar-refractivity contribution in [2.24, 2.45) is 0 Å². The van der Waals surface area contributed by atoms with Crippen molar-refractivity contribution in [1.29, 1.82) is 0 Å². The van der Waals surface area contributed by atoms with Crippen LogP contribution in [0, 0.1) is 0 Å². The molecule has 0 saturated carbocycles. The molecule has 1 N–H and O–H groups in total. The highest BCUT2D eigenvalue weighted by Crippen LogP contribution is 2.29. The van der Waals surface area contributed by atoms with Crippen LogP contribution in [0.2, 0.25) is 0 Å². The van der Waals surface area contributed by atoms with Crippen LogP contribution in [0.3, 0.4) is 0 Å². The second-order valence-electron chi connectivity index (χ2n) is 6.94. The molecular formula is C21H26N4O5. The lowest BCUT2D eigenvalue weighted by Crippen LogP contribution is -2.50. The minimum absolute atomic E-state index is 0.00414. The van der Waals surface area contributed by atoms with E-state index in [9.17, 15) is 14.4 Å². The molecule has 9 heteroatoms. The number of rotatable bonds is 6. The molecule has 1 aromatic heterocycles. The van der Waals surface area contributed by atoms with Crippen molar-refractivity contribution < 1.29 is 23.9 Å². The molecule has 0 aliphatic carbocycles. The Morgan fingerprint density at radius 3 is 2.27 bits per heavy atom. The Morgan fingerprint density at radius 2 is 1.63 bits per heavy atom. The lowest BCUT2D eigenvalue weighted by molar-refractivity contribution is -0.130. The molecule has 3 rings (SSSR count). The van der Waals surface area contributed by atoms with E-state index in [1.54, 1.807) is 58.0 Å². The molecule has 0 unspecified atom stereocenters. The van der Waals surface area contributed by atoms with Gasteiger partial charge in [-0.15, -0.1) is 0 Å². The maximum absolute atomic E-state index is 12.9. The van der Waals surface area contributed by atoms with Crippen LogP contribution >= 0.6 is 0 Å². The van der Waals surface area contributed by atoms with Crippen molar-refractivity contribution in [2.75, 3.05) is 45.7 Å². The van der Waals surface area contributed by atoms with E-state index in [1.165, 1.54) is 14.0 Å². The molecule has 0 spiro atoms.